The van der Waals surface area contributed by atoms with Gasteiger partial charge < -0.3 is 10.2 Å². The monoisotopic (exact) mass is 320 g/mol. The van der Waals surface area contributed by atoms with Crippen LogP contribution in [0.1, 0.15) is 5.56 Å². The lowest BCUT2D eigenvalue weighted by Crippen LogP contribution is -2.25. The van der Waals surface area contributed by atoms with Gasteiger partial charge in [0.1, 0.15) is 0 Å². The number of carboxylic acids is 2. The maximum absolute atomic E-state index is 10.7. The van der Waals surface area contributed by atoms with Gasteiger partial charge in [-0.3, -0.25) is 9.59 Å². The summed E-state index contributed by atoms with van der Waals surface area (Å²) in [7, 11) is 0. The Bertz CT molecular complexity index is 375. The van der Waals surface area contributed by atoms with Gasteiger partial charge in [-0.05, 0) is 40.6 Å². The van der Waals surface area contributed by atoms with Crippen molar-refractivity contribution in [1.82, 2.24) is 0 Å². The fourth-order valence-corrected chi connectivity index (χ4v) is 1.77. The summed E-state index contributed by atoms with van der Waals surface area (Å²) in [6.45, 7) is 0. The smallest absolute Gasteiger partial charge is 0.318 e. The molecule has 0 amide bonds. The number of carboxylic acid groups (broad SMARTS) is 2. The van der Waals surface area contributed by atoms with Gasteiger partial charge in [0, 0.05) is 3.57 Å². The molecular weight excluding hydrogens is 311 g/mol. The molecular formula is C10H9IO4. The third-order valence-corrected chi connectivity index (χ3v) is 3.03. The van der Waals surface area contributed by atoms with E-state index < -0.39 is 17.9 Å². The fourth-order valence-electron chi connectivity index (χ4n) is 1.16. The highest BCUT2D eigenvalue weighted by Crippen LogP contribution is 2.16. The van der Waals surface area contributed by atoms with Crippen LogP contribution in [0, 0.1) is 9.49 Å². The molecule has 0 saturated carbocycles. The van der Waals surface area contributed by atoms with Crippen LogP contribution in [-0.2, 0) is 16.0 Å². The second kappa shape index (κ2) is 5.11. The molecule has 1 aromatic rings. The maximum atomic E-state index is 10.7. The van der Waals surface area contributed by atoms with Gasteiger partial charge in [0.25, 0.3) is 0 Å². The van der Waals surface area contributed by atoms with Crippen molar-refractivity contribution >= 4 is 34.5 Å². The molecule has 0 fully saturated rings. The lowest BCUT2D eigenvalue weighted by Gasteiger charge is -2.08. The third kappa shape index (κ3) is 3.19. The van der Waals surface area contributed by atoms with Gasteiger partial charge >= 0.3 is 11.9 Å². The van der Waals surface area contributed by atoms with Crippen molar-refractivity contribution in [2.45, 2.75) is 6.42 Å². The summed E-state index contributed by atoms with van der Waals surface area (Å²) in [6.07, 6.45) is 0.0176. The molecule has 0 saturated heterocycles. The molecule has 0 spiro atoms. The van der Waals surface area contributed by atoms with Crippen molar-refractivity contribution < 1.29 is 19.8 Å². The SMILES string of the molecule is O=C(O)C(Cc1ccccc1I)C(=O)O. The van der Waals surface area contributed by atoms with Crippen LogP contribution in [0.15, 0.2) is 24.3 Å². The quantitative estimate of drug-likeness (QED) is 0.653. The normalized spacial score (nSPS) is 10.3. The Morgan fingerprint density at radius 2 is 1.73 bits per heavy atom. The molecule has 4 nitrogen and oxygen atoms in total. The molecule has 1 rings (SSSR count). The minimum atomic E-state index is -1.37. The topological polar surface area (TPSA) is 74.6 Å². The molecule has 5 heteroatoms. The fraction of sp³-hybridized carbons (Fsp3) is 0.200. The van der Waals surface area contributed by atoms with Gasteiger partial charge in [0.05, 0.1) is 0 Å². The number of carbonyl (C=O) groups is 2. The molecule has 0 atom stereocenters. The predicted octanol–water partition coefficient (Wildman–Crippen LogP) is 1.62. The summed E-state index contributed by atoms with van der Waals surface area (Å²) in [5.74, 6) is -3.98. The van der Waals surface area contributed by atoms with E-state index in [0.717, 1.165) is 9.13 Å². The molecule has 15 heavy (non-hydrogen) atoms. The lowest BCUT2D eigenvalue weighted by atomic mass is 10.00. The first-order chi connectivity index (χ1) is 7.02. The van der Waals surface area contributed by atoms with Gasteiger partial charge in [-0.1, -0.05) is 18.2 Å². The number of aliphatic carboxylic acids is 2. The van der Waals surface area contributed by atoms with E-state index in [9.17, 15) is 9.59 Å². The molecule has 0 aromatic heterocycles. The van der Waals surface area contributed by atoms with Crippen molar-refractivity contribution in [2.75, 3.05) is 0 Å². The Hall–Kier alpha value is -1.11. The van der Waals surface area contributed by atoms with Gasteiger partial charge in [-0.15, -0.1) is 0 Å². The molecule has 0 aliphatic carbocycles. The molecule has 2 N–H and O–H groups in total. The van der Waals surface area contributed by atoms with Crippen LogP contribution in [0.2, 0.25) is 0 Å². The average Bonchev–Trinajstić information content (AvgIpc) is 2.15. The zero-order chi connectivity index (χ0) is 11.4. The number of hydrogen-bond acceptors (Lipinski definition) is 2. The van der Waals surface area contributed by atoms with Gasteiger partial charge in [0.15, 0.2) is 5.92 Å². The number of benzene rings is 1. The summed E-state index contributed by atoms with van der Waals surface area (Å²) in [4.78, 5) is 21.3. The Morgan fingerprint density at radius 3 is 2.20 bits per heavy atom. The van der Waals surface area contributed by atoms with Crippen molar-refractivity contribution in [3.63, 3.8) is 0 Å². The van der Waals surface area contributed by atoms with E-state index in [1.54, 1.807) is 12.1 Å². The van der Waals surface area contributed by atoms with Crippen LogP contribution in [0.5, 0.6) is 0 Å². The van der Waals surface area contributed by atoms with Crippen molar-refractivity contribution in [1.29, 1.82) is 0 Å². The molecule has 0 aliphatic rings. The number of rotatable bonds is 4. The first kappa shape index (κ1) is 12.0. The summed E-state index contributed by atoms with van der Waals surface area (Å²) in [5, 5.41) is 17.4. The van der Waals surface area contributed by atoms with Crippen LogP contribution >= 0.6 is 22.6 Å². The highest BCUT2D eigenvalue weighted by molar-refractivity contribution is 14.1. The lowest BCUT2D eigenvalue weighted by molar-refractivity contribution is -0.154. The minimum absolute atomic E-state index is 0.0176. The third-order valence-electron chi connectivity index (χ3n) is 1.98. The minimum Gasteiger partial charge on any atom is -0.481 e. The van der Waals surface area contributed by atoms with E-state index in [-0.39, 0.29) is 6.42 Å². The standard InChI is InChI=1S/C10H9IO4/c11-8-4-2-1-3-6(8)5-7(9(12)13)10(14)15/h1-4,7H,5H2,(H,12,13)(H,14,15). The molecule has 1 aromatic carbocycles. The van der Waals surface area contributed by atoms with Crippen LogP contribution in [0.4, 0.5) is 0 Å². The number of hydrogen-bond donors (Lipinski definition) is 2. The van der Waals surface area contributed by atoms with Gasteiger partial charge in [0.2, 0.25) is 0 Å². The van der Waals surface area contributed by atoms with Crippen LogP contribution in [-0.4, -0.2) is 22.2 Å². The van der Waals surface area contributed by atoms with Gasteiger partial charge in [-0.2, -0.15) is 0 Å². The Kier molecular flexibility index (Phi) is 4.07. The van der Waals surface area contributed by atoms with E-state index in [1.807, 2.05) is 12.1 Å². The van der Waals surface area contributed by atoms with Crippen LogP contribution < -0.4 is 0 Å². The molecule has 0 bridgehead atoms. The first-order valence-electron chi connectivity index (χ1n) is 4.21. The zero-order valence-corrected chi connectivity index (χ0v) is 9.84. The van der Waals surface area contributed by atoms with Gasteiger partial charge in [-0.25, -0.2) is 0 Å². The summed E-state index contributed by atoms with van der Waals surface area (Å²) in [5.41, 5.74) is 0.743. The summed E-state index contributed by atoms with van der Waals surface area (Å²) >= 11 is 2.05. The Balaban J connectivity index is 2.88. The second-order valence-electron chi connectivity index (χ2n) is 3.02. The molecule has 80 valence electrons. The molecule has 0 heterocycles. The van der Waals surface area contributed by atoms with E-state index in [1.165, 1.54) is 0 Å². The predicted molar refractivity (Wildman–Crippen MR) is 61.6 cm³/mol. The first-order valence-corrected chi connectivity index (χ1v) is 5.29. The number of halogens is 1. The molecule has 0 aliphatic heterocycles. The highest BCUT2D eigenvalue weighted by atomic mass is 127. The molecule has 0 radical (unpaired) electrons. The zero-order valence-electron chi connectivity index (χ0n) is 7.68. The molecule has 0 unspecified atom stereocenters. The van der Waals surface area contributed by atoms with E-state index in [2.05, 4.69) is 22.6 Å². The average molecular weight is 320 g/mol. The van der Waals surface area contributed by atoms with Crippen molar-refractivity contribution in [2.24, 2.45) is 5.92 Å². The van der Waals surface area contributed by atoms with Crippen LogP contribution in [0.3, 0.4) is 0 Å². The maximum Gasteiger partial charge on any atom is 0.318 e. The summed E-state index contributed by atoms with van der Waals surface area (Å²) < 4.78 is 0.877. The van der Waals surface area contributed by atoms with E-state index in [0.29, 0.717) is 0 Å². The van der Waals surface area contributed by atoms with Crippen molar-refractivity contribution in [3.05, 3.63) is 33.4 Å². The summed E-state index contributed by atoms with van der Waals surface area (Å²) in [6, 6.07) is 7.14. The largest absolute Gasteiger partial charge is 0.481 e. The van der Waals surface area contributed by atoms with E-state index in [4.69, 9.17) is 10.2 Å². The Morgan fingerprint density at radius 1 is 1.20 bits per heavy atom. The highest BCUT2D eigenvalue weighted by Gasteiger charge is 2.26. The second-order valence-corrected chi connectivity index (χ2v) is 4.19. The van der Waals surface area contributed by atoms with E-state index >= 15 is 0 Å². The Labute approximate surface area is 100 Å². The van der Waals surface area contributed by atoms with Crippen LogP contribution in [0.25, 0.3) is 0 Å². The van der Waals surface area contributed by atoms with Crippen molar-refractivity contribution in [3.8, 4) is 0 Å².